The van der Waals surface area contributed by atoms with Gasteiger partial charge in [-0.1, -0.05) is 52.5 Å². The van der Waals surface area contributed by atoms with Gasteiger partial charge in [-0.05, 0) is 31.3 Å². The molecule has 3 N–H and O–H groups in total. The first-order valence-electron chi connectivity index (χ1n) is 9.65. The van der Waals surface area contributed by atoms with E-state index in [1.54, 1.807) is 0 Å². The third-order valence-corrected chi connectivity index (χ3v) is 4.14. The van der Waals surface area contributed by atoms with Gasteiger partial charge in [-0.2, -0.15) is 0 Å². The topological polar surface area (TPSA) is 86.6 Å². The summed E-state index contributed by atoms with van der Waals surface area (Å²) in [5.74, 6) is -0.939. The monoisotopic (exact) mass is 355 g/mol. The summed E-state index contributed by atoms with van der Waals surface area (Å²) >= 11 is 0. The van der Waals surface area contributed by atoms with E-state index in [9.17, 15) is 19.8 Å². The van der Waals surface area contributed by atoms with Gasteiger partial charge >= 0.3 is 0 Å². The van der Waals surface area contributed by atoms with Gasteiger partial charge in [-0.25, -0.2) is 0 Å². The number of ketones is 1. The molecule has 0 spiro atoms. The molecular weight excluding hydrogens is 318 g/mol. The van der Waals surface area contributed by atoms with E-state index in [0.717, 1.165) is 12.8 Å². The van der Waals surface area contributed by atoms with E-state index in [4.69, 9.17) is 0 Å². The van der Waals surface area contributed by atoms with Crippen molar-refractivity contribution in [3.8, 4) is 0 Å². The van der Waals surface area contributed by atoms with Crippen LogP contribution in [0.25, 0.3) is 0 Å². The van der Waals surface area contributed by atoms with Crippen LogP contribution in [-0.2, 0) is 9.59 Å². The zero-order valence-corrected chi connectivity index (χ0v) is 16.2. The van der Waals surface area contributed by atoms with Crippen molar-refractivity contribution in [1.29, 1.82) is 0 Å². The van der Waals surface area contributed by atoms with Gasteiger partial charge in [0, 0.05) is 6.42 Å². The second-order valence-electron chi connectivity index (χ2n) is 7.17. The molecule has 0 saturated heterocycles. The predicted octanol–water partition coefficient (Wildman–Crippen LogP) is 2.99. The molecule has 0 heterocycles. The number of nitrogens with one attached hydrogen (secondary N) is 1. The van der Waals surface area contributed by atoms with Crippen LogP contribution in [0.2, 0.25) is 0 Å². The van der Waals surface area contributed by atoms with Crippen molar-refractivity contribution >= 4 is 11.7 Å². The number of carbonyl (C=O) groups excluding carboxylic acids is 2. The van der Waals surface area contributed by atoms with Gasteiger partial charge in [0.05, 0.1) is 25.2 Å². The minimum atomic E-state index is -0.761. The Bertz CT molecular complexity index is 393. The zero-order valence-electron chi connectivity index (χ0n) is 16.2. The fourth-order valence-electron chi connectivity index (χ4n) is 2.70. The van der Waals surface area contributed by atoms with Crippen molar-refractivity contribution in [2.45, 2.75) is 78.2 Å². The highest BCUT2D eigenvalue weighted by Gasteiger charge is 2.22. The molecule has 0 aromatic heterocycles. The zero-order chi connectivity index (χ0) is 19.1. The van der Waals surface area contributed by atoms with Crippen LogP contribution in [-0.4, -0.2) is 41.2 Å². The molecule has 2 atom stereocenters. The molecule has 0 aliphatic rings. The number of hydrogen-bond donors (Lipinski definition) is 3. The first-order chi connectivity index (χ1) is 11.9. The van der Waals surface area contributed by atoms with Crippen LogP contribution in [0.5, 0.6) is 0 Å². The van der Waals surface area contributed by atoms with Gasteiger partial charge < -0.3 is 15.5 Å². The third-order valence-electron chi connectivity index (χ3n) is 4.14. The quantitative estimate of drug-likeness (QED) is 0.311. The number of aliphatic hydroxyl groups excluding tert-OH is 2. The lowest BCUT2D eigenvalue weighted by atomic mass is 9.99. The van der Waals surface area contributed by atoms with E-state index in [-0.39, 0.29) is 37.4 Å². The molecule has 0 saturated carbocycles. The van der Waals surface area contributed by atoms with Gasteiger partial charge in [0.25, 0.3) is 0 Å². The summed E-state index contributed by atoms with van der Waals surface area (Å²) < 4.78 is 0. The van der Waals surface area contributed by atoms with E-state index in [0.29, 0.717) is 12.3 Å². The van der Waals surface area contributed by atoms with E-state index in [2.05, 4.69) is 12.2 Å². The predicted molar refractivity (Wildman–Crippen MR) is 101 cm³/mol. The average molecular weight is 356 g/mol. The Labute approximate surface area is 152 Å². The summed E-state index contributed by atoms with van der Waals surface area (Å²) in [4.78, 5) is 24.1. The molecular formula is C20H37NO4. The fourth-order valence-corrected chi connectivity index (χ4v) is 2.70. The second kappa shape index (κ2) is 15.1. The number of rotatable bonds is 15. The Morgan fingerprint density at radius 2 is 1.72 bits per heavy atom. The summed E-state index contributed by atoms with van der Waals surface area (Å²) in [6.45, 7) is 5.68. The highest BCUT2D eigenvalue weighted by Crippen LogP contribution is 2.09. The van der Waals surface area contributed by atoms with Crippen LogP contribution in [0.1, 0.15) is 72.1 Å². The van der Waals surface area contributed by atoms with Gasteiger partial charge in [0.2, 0.25) is 5.91 Å². The van der Waals surface area contributed by atoms with Crippen molar-refractivity contribution in [2.75, 3.05) is 13.2 Å². The molecule has 0 aromatic carbocycles. The molecule has 0 aliphatic heterocycles. The average Bonchev–Trinajstić information content (AvgIpc) is 2.57. The Hall–Kier alpha value is -1.20. The van der Waals surface area contributed by atoms with Gasteiger partial charge in [-0.3, -0.25) is 9.59 Å². The normalized spacial score (nSPS) is 14.0. The molecule has 2 unspecified atom stereocenters. The summed E-state index contributed by atoms with van der Waals surface area (Å²) in [5.41, 5.74) is 0. The number of aliphatic hydroxyl groups is 2. The maximum Gasteiger partial charge on any atom is 0.226 e. The smallest absolute Gasteiger partial charge is 0.226 e. The highest BCUT2D eigenvalue weighted by molar-refractivity contribution is 5.93. The van der Waals surface area contributed by atoms with E-state index >= 15 is 0 Å². The lowest BCUT2D eigenvalue weighted by Crippen LogP contribution is -2.43. The van der Waals surface area contributed by atoms with Crippen LogP contribution in [0.15, 0.2) is 12.2 Å². The standard InChI is InChI=1S/C20H37NO4/c1-4-5-6-7-8-9-10-11-19(24)13-17(14-22)20(25)21-18(15-23)12-16(2)3/h10-11,16-18,22-23H,4-9,12-15H2,1-3H3,(H,21,25)/b11-10+. The number of carbonyl (C=O) groups is 2. The molecule has 0 fully saturated rings. The maximum atomic E-state index is 12.2. The highest BCUT2D eigenvalue weighted by atomic mass is 16.3. The molecule has 0 bridgehead atoms. The molecule has 25 heavy (non-hydrogen) atoms. The Morgan fingerprint density at radius 3 is 2.28 bits per heavy atom. The largest absolute Gasteiger partial charge is 0.396 e. The number of hydrogen-bond acceptors (Lipinski definition) is 4. The Kier molecular flexibility index (Phi) is 14.4. The van der Waals surface area contributed by atoms with Crippen molar-refractivity contribution in [3.05, 3.63) is 12.2 Å². The van der Waals surface area contributed by atoms with Crippen molar-refractivity contribution in [3.63, 3.8) is 0 Å². The van der Waals surface area contributed by atoms with Crippen LogP contribution in [0.3, 0.4) is 0 Å². The summed E-state index contributed by atoms with van der Waals surface area (Å²) in [7, 11) is 0. The number of unbranched alkanes of at least 4 members (excludes halogenated alkanes) is 5. The molecule has 0 radical (unpaired) electrons. The Balaban J connectivity index is 4.23. The molecule has 0 aliphatic carbocycles. The molecule has 0 aromatic rings. The molecule has 1 amide bonds. The van der Waals surface area contributed by atoms with Crippen molar-refractivity contribution in [1.82, 2.24) is 5.32 Å². The minimum Gasteiger partial charge on any atom is -0.396 e. The number of amides is 1. The van der Waals surface area contributed by atoms with Crippen LogP contribution < -0.4 is 5.32 Å². The third kappa shape index (κ3) is 12.8. The Morgan fingerprint density at radius 1 is 1.04 bits per heavy atom. The summed E-state index contributed by atoms with van der Waals surface area (Å²) in [6, 6.07) is -0.338. The van der Waals surface area contributed by atoms with Gasteiger partial charge in [0.1, 0.15) is 0 Å². The first-order valence-corrected chi connectivity index (χ1v) is 9.65. The van der Waals surface area contributed by atoms with Crippen LogP contribution in [0.4, 0.5) is 0 Å². The fraction of sp³-hybridized carbons (Fsp3) is 0.800. The van der Waals surface area contributed by atoms with Crippen molar-refractivity contribution < 1.29 is 19.8 Å². The van der Waals surface area contributed by atoms with Crippen LogP contribution >= 0.6 is 0 Å². The van der Waals surface area contributed by atoms with E-state index in [1.165, 1.54) is 31.8 Å². The van der Waals surface area contributed by atoms with Gasteiger partial charge in [-0.15, -0.1) is 0 Å². The maximum absolute atomic E-state index is 12.2. The van der Waals surface area contributed by atoms with Crippen LogP contribution in [0, 0.1) is 11.8 Å². The molecule has 5 heteroatoms. The molecule has 146 valence electrons. The summed E-state index contributed by atoms with van der Waals surface area (Å²) in [5, 5.41) is 21.5. The summed E-state index contributed by atoms with van der Waals surface area (Å²) in [6.07, 6.45) is 10.8. The van der Waals surface area contributed by atoms with E-state index < -0.39 is 5.92 Å². The first kappa shape index (κ1) is 23.8. The molecule has 5 nitrogen and oxygen atoms in total. The van der Waals surface area contributed by atoms with E-state index in [1.807, 2.05) is 19.9 Å². The lowest BCUT2D eigenvalue weighted by Gasteiger charge is -2.21. The lowest BCUT2D eigenvalue weighted by molar-refractivity contribution is -0.130. The van der Waals surface area contributed by atoms with Gasteiger partial charge in [0.15, 0.2) is 5.78 Å². The second-order valence-corrected chi connectivity index (χ2v) is 7.17. The SMILES string of the molecule is CCCCCCC/C=C/C(=O)CC(CO)C(=O)NC(CO)CC(C)C. The minimum absolute atomic E-state index is 0.00546. The van der Waals surface area contributed by atoms with Crippen molar-refractivity contribution in [2.24, 2.45) is 11.8 Å². The molecule has 0 rings (SSSR count). The number of allylic oxidation sites excluding steroid dienone is 2.